The van der Waals surface area contributed by atoms with Crippen molar-refractivity contribution in [3.8, 4) is 0 Å². The maximum atomic E-state index is 11.3. The lowest BCUT2D eigenvalue weighted by atomic mass is 10.1. The number of carbonyl (C=O) groups excluding carboxylic acids is 2. The van der Waals surface area contributed by atoms with Crippen LogP contribution in [0.4, 0.5) is 11.4 Å². The summed E-state index contributed by atoms with van der Waals surface area (Å²) in [7, 11) is 0. The second kappa shape index (κ2) is 4.95. The Morgan fingerprint density at radius 1 is 1.44 bits per heavy atom. The number of rotatable bonds is 3. The van der Waals surface area contributed by atoms with Crippen molar-refractivity contribution in [2.45, 2.75) is 18.9 Å². The number of carbonyl (C=O) groups is 2. The predicted molar refractivity (Wildman–Crippen MR) is 69.0 cm³/mol. The second-order valence-electron chi connectivity index (χ2n) is 4.35. The van der Waals surface area contributed by atoms with Crippen molar-refractivity contribution in [3.63, 3.8) is 0 Å². The fourth-order valence-corrected chi connectivity index (χ4v) is 1.97. The minimum atomic E-state index is -0.523. The van der Waals surface area contributed by atoms with E-state index in [0.29, 0.717) is 29.9 Å². The van der Waals surface area contributed by atoms with Crippen LogP contribution in [0.5, 0.6) is 0 Å². The first-order valence-corrected chi connectivity index (χ1v) is 5.79. The zero-order valence-corrected chi connectivity index (χ0v) is 9.90. The van der Waals surface area contributed by atoms with Gasteiger partial charge in [0, 0.05) is 30.4 Å². The molecule has 1 aromatic carbocycles. The molecule has 1 heterocycles. The molecule has 1 saturated heterocycles. The molecule has 18 heavy (non-hydrogen) atoms. The summed E-state index contributed by atoms with van der Waals surface area (Å²) in [6.45, 7) is 0.543. The molecule has 6 N–H and O–H groups in total. The molecule has 6 heteroatoms. The molecule has 1 aromatic rings. The number of hydrogen-bond acceptors (Lipinski definition) is 4. The average molecular weight is 248 g/mol. The number of piperidine rings is 1. The Balaban J connectivity index is 2.13. The van der Waals surface area contributed by atoms with Crippen LogP contribution in [0.25, 0.3) is 0 Å². The lowest BCUT2D eigenvalue weighted by Gasteiger charge is -2.25. The Hall–Kier alpha value is -2.24. The Morgan fingerprint density at radius 3 is 2.83 bits per heavy atom. The largest absolute Gasteiger partial charge is 0.399 e. The summed E-state index contributed by atoms with van der Waals surface area (Å²) in [5, 5.41) is 5.98. The van der Waals surface area contributed by atoms with Gasteiger partial charge < -0.3 is 22.1 Å². The van der Waals surface area contributed by atoms with E-state index in [1.807, 2.05) is 0 Å². The molecule has 0 aromatic heterocycles. The minimum absolute atomic E-state index is 0.0560. The van der Waals surface area contributed by atoms with Gasteiger partial charge in [-0.3, -0.25) is 9.59 Å². The summed E-state index contributed by atoms with van der Waals surface area (Å²) in [4.78, 5) is 22.4. The highest BCUT2D eigenvalue weighted by atomic mass is 16.2. The number of nitrogen functional groups attached to an aromatic ring is 1. The number of anilines is 2. The number of primary amides is 1. The number of hydrogen-bond donors (Lipinski definition) is 4. The zero-order valence-electron chi connectivity index (χ0n) is 9.90. The van der Waals surface area contributed by atoms with Crippen LogP contribution in [0.15, 0.2) is 18.2 Å². The van der Waals surface area contributed by atoms with Crippen molar-refractivity contribution < 1.29 is 9.59 Å². The molecule has 6 nitrogen and oxygen atoms in total. The lowest BCUT2D eigenvalue weighted by molar-refractivity contribution is -0.122. The highest BCUT2D eigenvalue weighted by Gasteiger charge is 2.19. The van der Waals surface area contributed by atoms with E-state index < -0.39 is 5.91 Å². The first-order valence-electron chi connectivity index (χ1n) is 5.79. The van der Waals surface area contributed by atoms with Gasteiger partial charge in [-0.05, 0) is 24.6 Å². The zero-order chi connectivity index (χ0) is 13.1. The van der Waals surface area contributed by atoms with Crippen LogP contribution in [-0.2, 0) is 4.79 Å². The fraction of sp³-hybridized carbons (Fsp3) is 0.333. The van der Waals surface area contributed by atoms with Gasteiger partial charge in [-0.2, -0.15) is 0 Å². The Bertz CT molecular complexity index is 477. The quantitative estimate of drug-likeness (QED) is 0.567. The molecule has 1 aliphatic rings. The highest BCUT2D eigenvalue weighted by Crippen LogP contribution is 2.20. The number of nitrogens with two attached hydrogens (primary N) is 2. The van der Waals surface area contributed by atoms with Gasteiger partial charge in [-0.1, -0.05) is 0 Å². The van der Waals surface area contributed by atoms with Crippen LogP contribution in [0.2, 0.25) is 0 Å². The number of nitrogens with one attached hydrogen (secondary N) is 2. The fourth-order valence-electron chi connectivity index (χ4n) is 1.97. The monoisotopic (exact) mass is 248 g/mol. The third-order valence-corrected chi connectivity index (χ3v) is 2.93. The van der Waals surface area contributed by atoms with E-state index in [1.54, 1.807) is 18.2 Å². The molecular formula is C12H16N4O2. The van der Waals surface area contributed by atoms with Crippen molar-refractivity contribution >= 4 is 23.2 Å². The van der Waals surface area contributed by atoms with E-state index in [9.17, 15) is 9.59 Å². The van der Waals surface area contributed by atoms with Crippen LogP contribution < -0.4 is 22.1 Å². The summed E-state index contributed by atoms with van der Waals surface area (Å²) >= 11 is 0. The van der Waals surface area contributed by atoms with Crippen molar-refractivity contribution in [2.75, 3.05) is 17.6 Å². The summed E-state index contributed by atoms with van der Waals surface area (Å²) in [5.41, 5.74) is 12.4. The third kappa shape index (κ3) is 2.71. The maximum Gasteiger partial charge on any atom is 0.250 e. The molecule has 0 bridgehead atoms. The van der Waals surface area contributed by atoms with Crippen LogP contribution >= 0.6 is 0 Å². The maximum absolute atomic E-state index is 11.3. The van der Waals surface area contributed by atoms with Gasteiger partial charge >= 0.3 is 0 Å². The standard InChI is InChI=1S/C12H16N4O2/c13-7-1-3-10(9(5-7)12(14)18)16-8-2-4-11(17)15-6-8/h1,3,5,8,16H,2,4,6,13H2,(H2,14,18)(H,15,17). The first kappa shape index (κ1) is 12.2. The molecule has 0 radical (unpaired) electrons. The summed E-state index contributed by atoms with van der Waals surface area (Å²) in [6.07, 6.45) is 1.22. The lowest BCUT2D eigenvalue weighted by Crippen LogP contribution is -2.42. The minimum Gasteiger partial charge on any atom is -0.399 e. The molecular weight excluding hydrogens is 232 g/mol. The van der Waals surface area contributed by atoms with Crippen molar-refractivity contribution in [1.29, 1.82) is 0 Å². The molecule has 0 aliphatic carbocycles. The molecule has 1 unspecified atom stereocenters. The van der Waals surface area contributed by atoms with Gasteiger partial charge in [0.05, 0.1) is 5.56 Å². The molecule has 1 fully saturated rings. The van der Waals surface area contributed by atoms with Gasteiger partial charge in [0.2, 0.25) is 5.91 Å². The van der Waals surface area contributed by atoms with Crippen LogP contribution in [-0.4, -0.2) is 24.4 Å². The molecule has 0 saturated carbocycles. The van der Waals surface area contributed by atoms with Crippen molar-refractivity contribution in [2.24, 2.45) is 5.73 Å². The molecule has 1 aliphatic heterocycles. The molecule has 1 atom stereocenters. The van der Waals surface area contributed by atoms with Crippen molar-refractivity contribution in [1.82, 2.24) is 5.32 Å². The topological polar surface area (TPSA) is 110 Å². The molecule has 2 amide bonds. The molecule has 2 rings (SSSR count). The highest BCUT2D eigenvalue weighted by molar-refractivity contribution is 5.99. The van der Waals surface area contributed by atoms with E-state index in [-0.39, 0.29) is 11.9 Å². The SMILES string of the molecule is NC(=O)c1cc(N)ccc1NC1CCC(=O)NC1. The Labute approximate surface area is 105 Å². The van der Waals surface area contributed by atoms with Crippen LogP contribution in [0, 0.1) is 0 Å². The van der Waals surface area contributed by atoms with Crippen LogP contribution in [0.1, 0.15) is 23.2 Å². The third-order valence-electron chi connectivity index (χ3n) is 2.93. The normalized spacial score (nSPS) is 19.1. The van der Waals surface area contributed by atoms with Gasteiger partial charge in [-0.15, -0.1) is 0 Å². The predicted octanol–water partition coefficient (Wildman–Crippen LogP) is 0.0582. The molecule has 96 valence electrons. The Morgan fingerprint density at radius 2 is 2.22 bits per heavy atom. The van der Waals surface area contributed by atoms with Gasteiger partial charge in [0.15, 0.2) is 0 Å². The average Bonchev–Trinajstić information content (AvgIpc) is 2.34. The summed E-state index contributed by atoms with van der Waals surface area (Å²) in [5.74, 6) is -0.467. The van der Waals surface area contributed by atoms with E-state index >= 15 is 0 Å². The van der Waals surface area contributed by atoms with Gasteiger partial charge in [0.25, 0.3) is 5.91 Å². The molecule has 0 spiro atoms. The number of amides is 2. The van der Waals surface area contributed by atoms with Crippen molar-refractivity contribution in [3.05, 3.63) is 23.8 Å². The van der Waals surface area contributed by atoms with Gasteiger partial charge in [0.1, 0.15) is 0 Å². The number of benzene rings is 1. The van der Waals surface area contributed by atoms with Crippen LogP contribution in [0.3, 0.4) is 0 Å². The summed E-state index contributed by atoms with van der Waals surface area (Å²) < 4.78 is 0. The van der Waals surface area contributed by atoms with E-state index in [2.05, 4.69) is 10.6 Å². The second-order valence-corrected chi connectivity index (χ2v) is 4.35. The van der Waals surface area contributed by atoms with Gasteiger partial charge in [-0.25, -0.2) is 0 Å². The Kier molecular flexibility index (Phi) is 3.36. The summed E-state index contributed by atoms with van der Waals surface area (Å²) in [6, 6.07) is 5.08. The first-order chi connectivity index (χ1) is 8.56. The van der Waals surface area contributed by atoms with E-state index in [0.717, 1.165) is 6.42 Å². The van der Waals surface area contributed by atoms with E-state index in [1.165, 1.54) is 0 Å². The smallest absolute Gasteiger partial charge is 0.250 e. The van der Waals surface area contributed by atoms with E-state index in [4.69, 9.17) is 11.5 Å².